The number of nitrogens with one attached hydrogen (secondary N) is 2. The van der Waals surface area contributed by atoms with Crippen molar-refractivity contribution in [3.05, 3.63) is 46.4 Å². The van der Waals surface area contributed by atoms with Gasteiger partial charge in [0.25, 0.3) is 5.56 Å². The number of ether oxygens (including phenoxy) is 2. The number of likely N-dealkylation sites (N-methyl/N-ethyl adjacent to an activating group) is 1. The maximum atomic E-state index is 12.6. The van der Waals surface area contributed by atoms with Crippen LogP contribution < -0.4 is 20.3 Å². The van der Waals surface area contributed by atoms with Crippen molar-refractivity contribution in [3.8, 4) is 11.5 Å². The Labute approximate surface area is 174 Å². The van der Waals surface area contributed by atoms with Crippen molar-refractivity contribution in [2.24, 2.45) is 7.05 Å². The predicted octanol–water partition coefficient (Wildman–Crippen LogP) is 2.32. The summed E-state index contributed by atoms with van der Waals surface area (Å²) < 4.78 is 13.0. The zero-order valence-corrected chi connectivity index (χ0v) is 17.4. The number of aromatic amines is 1. The van der Waals surface area contributed by atoms with Crippen LogP contribution in [0.25, 0.3) is 11.0 Å². The first-order valence-electron chi connectivity index (χ1n) is 10.5. The van der Waals surface area contributed by atoms with Crippen LogP contribution in [0.1, 0.15) is 24.8 Å². The van der Waals surface area contributed by atoms with Gasteiger partial charge < -0.3 is 24.7 Å². The molecule has 1 saturated heterocycles. The van der Waals surface area contributed by atoms with Gasteiger partial charge in [0, 0.05) is 32.4 Å². The fourth-order valence-electron chi connectivity index (χ4n) is 4.50. The van der Waals surface area contributed by atoms with Crippen LogP contribution in [0.3, 0.4) is 0 Å². The molecule has 0 bridgehead atoms. The highest BCUT2D eigenvalue weighted by Crippen LogP contribution is 2.36. The Morgan fingerprint density at radius 1 is 1.20 bits per heavy atom. The maximum Gasteiger partial charge on any atom is 0.278 e. The standard InChI is InChI=1S/C22H27N5O3/c1-3-27-12-15(14-4-5-18-19(11-14)30-9-8-29-18)10-16(13-27)24-22-25-17-6-7-23-20(17)21(28)26(22)2/h4-7,11,15-16,23H,3,8-10,12-13H2,1-2H3,(H,24,25). The first-order chi connectivity index (χ1) is 14.6. The number of benzene rings is 1. The lowest BCUT2D eigenvalue weighted by atomic mass is 9.87. The molecule has 0 amide bonds. The third kappa shape index (κ3) is 3.41. The SMILES string of the molecule is CCN1CC(Nc2nc3cc[nH]c3c(=O)n2C)CC(c2ccc3c(c2)OCCO3)C1. The first-order valence-corrected chi connectivity index (χ1v) is 10.5. The molecular formula is C22H27N5O3. The molecular weight excluding hydrogens is 382 g/mol. The second kappa shape index (κ2) is 7.68. The Kier molecular flexibility index (Phi) is 4.86. The molecule has 30 heavy (non-hydrogen) atoms. The van der Waals surface area contributed by atoms with Crippen molar-refractivity contribution >= 4 is 17.0 Å². The molecule has 0 saturated carbocycles. The van der Waals surface area contributed by atoms with Gasteiger partial charge in [-0.1, -0.05) is 13.0 Å². The van der Waals surface area contributed by atoms with Crippen LogP contribution in [0.5, 0.6) is 11.5 Å². The number of hydrogen-bond acceptors (Lipinski definition) is 6. The summed E-state index contributed by atoms with van der Waals surface area (Å²) in [6, 6.07) is 8.30. The Morgan fingerprint density at radius 2 is 2.03 bits per heavy atom. The fourth-order valence-corrected chi connectivity index (χ4v) is 4.50. The number of anilines is 1. The van der Waals surface area contributed by atoms with E-state index in [9.17, 15) is 4.79 Å². The van der Waals surface area contributed by atoms with Crippen LogP contribution in [0, 0.1) is 0 Å². The largest absolute Gasteiger partial charge is 0.486 e. The van der Waals surface area contributed by atoms with E-state index in [2.05, 4.69) is 39.2 Å². The van der Waals surface area contributed by atoms with Crippen molar-refractivity contribution < 1.29 is 9.47 Å². The minimum absolute atomic E-state index is 0.0703. The predicted molar refractivity (Wildman–Crippen MR) is 116 cm³/mol. The summed E-state index contributed by atoms with van der Waals surface area (Å²) in [6.45, 7) is 6.26. The Bertz CT molecular complexity index is 1120. The van der Waals surface area contributed by atoms with Crippen molar-refractivity contribution in [2.75, 3.05) is 38.2 Å². The van der Waals surface area contributed by atoms with Crippen molar-refractivity contribution in [1.29, 1.82) is 0 Å². The van der Waals surface area contributed by atoms with Gasteiger partial charge in [0.15, 0.2) is 11.5 Å². The molecule has 5 rings (SSSR count). The zero-order chi connectivity index (χ0) is 20.7. The number of likely N-dealkylation sites (tertiary alicyclic amines) is 1. The summed E-state index contributed by atoms with van der Waals surface area (Å²) in [7, 11) is 1.76. The van der Waals surface area contributed by atoms with Crippen LogP contribution >= 0.6 is 0 Å². The number of rotatable bonds is 4. The zero-order valence-electron chi connectivity index (χ0n) is 17.4. The highest BCUT2D eigenvalue weighted by Gasteiger charge is 2.29. The number of nitrogens with zero attached hydrogens (tertiary/aromatic N) is 3. The molecule has 4 heterocycles. The fraction of sp³-hybridized carbons (Fsp3) is 0.455. The normalized spacial score (nSPS) is 21.7. The summed E-state index contributed by atoms with van der Waals surface area (Å²) in [5, 5.41) is 3.54. The number of fused-ring (bicyclic) bond motifs is 2. The van der Waals surface area contributed by atoms with E-state index >= 15 is 0 Å². The van der Waals surface area contributed by atoms with Crippen LogP contribution in [0.4, 0.5) is 5.95 Å². The van der Waals surface area contributed by atoms with Gasteiger partial charge in [-0.3, -0.25) is 9.36 Å². The molecule has 2 N–H and O–H groups in total. The highest BCUT2D eigenvalue weighted by atomic mass is 16.6. The van der Waals surface area contributed by atoms with E-state index in [1.807, 2.05) is 12.1 Å². The van der Waals surface area contributed by atoms with Crippen molar-refractivity contribution in [3.63, 3.8) is 0 Å². The molecule has 2 unspecified atom stereocenters. The lowest BCUT2D eigenvalue weighted by Crippen LogP contribution is -2.46. The molecule has 8 heteroatoms. The second-order valence-corrected chi connectivity index (χ2v) is 8.07. The van der Waals surface area contributed by atoms with E-state index in [1.165, 1.54) is 5.56 Å². The monoisotopic (exact) mass is 409 g/mol. The maximum absolute atomic E-state index is 12.6. The molecule has 3 aromatic rings. The molecule has 2 atom stereocenters. The molecule has 0 radical (unpaired) electrons. The quantitative estimate of drug-likeness (QED) is 0.688. The van der Waals surface area contributed by atoms with E-state index in [4.69, 9.17) is 9.47 Å². The Hall–Kier alpha value is -3.00. The van der Waals surface area contributed by atoms with Crippen LogP contribution in [-0.4, -0.2) is 58.3 Å². The van der Waals surface area contributed by atoms with E-state index in [0.717, 1.165) is 37.6 Å². The summed E-state index contributed by atoms with van der Waals surface area (Å²) in [5.74, 6) is 2.62. The summed E-state index contributed by atoms with van der Waals surface area (Å²) in [5.41, 5.74) is 2.41. The van der Waals surface area contributed by atoms with Gasteiger partial charge in [0.1, 0.15) is 18.7 Å². The molecule has 0 spiro atoms. The average Bonchev–Trinajstić information content (AvgIpc) is 3.25. The molecule has 1 aromatic carbocycles. The van der Waals surface area contributed by atoms with E-state index in [0.29, 0.717) is 36.1 Å². The Morgan fingerprint density at radius 3 is 2.87 bits per heavy atom. The lowest BCUT2D eigenvalue weighted by molar-refractivity contribution is 0.170. The van der Waals surface area contributed by atoms with Gasteiger partial charge >= 0.3 is 0 Å². The van der Waals surface area contributed by atoms with Gasteiger partial charge in [0.2, 0.25) is 5.95 Å². The molecule has 8 nitrogen and oxygen atoms in total. The van der Waals surface area contributed by atoms with Gasteiger partial charge in [-0.2, -0.15) is 0 Å². The molecule has 0 aliphatic carbocycles. The molecule has 158 valence electrons. The molecule has 2 aliphatic heterocycles. The lowest BCUT2D eigenvalue weighted by Gasteiger charge is -2.38. The minimum Gasteiger partial charge on any atom is -0.486 e. The van der Waals surface area contributed by atoms with E-state index in [1.54, 1.807) is 17.8 Å². The van der Waals surface area contributed by atoms with E-state index < -0.39 is 0 Å². The summed E-state index contributed by atoms with van der Waals surface area (Å²) in [4.78, 5) is 22.7. The third-order valence-electron chi connectivity index (χ3n) is 6.13. The number of hydrogen-bond donors (Lipinski definition) is 2. The van der Waals surface area contributed by atoms with E-state index in [-0.39, 0.29) is 11.6 Å². The smallest absolute Gasteiger partial charge is 0.278 e. The van der Waals surface area contributed by atoms with Gasteiger partial charge in [-0.05, 0) is 42.6 Å². The van der Waals surface area contributed by atoms with Crippen LogP contribution in [0.15, 0.2) is 35.3 Å². The molecule has 2 aliphatic rings. The second-order valence-electron chi connectivity index (χ2n) is 8.07. The highest BCUT2D eigenvalue weighted by molar-refractivity contribution is 5.75. The number of aromatic nitrogens is 3. The average molecular weight is 409 g/mol. The first kappa shape index (κ1) is 19.0. The molecule has 2 aromatic heterocycles. The number of H-pyrrole nitrogens is 1. The van der Waals surface area contributed by atoms with Crippen LogP contribution in [-0.2, 0) is 7.05 Å². The molecule has 1 fully saturated rings. The van der Waals surface area contributed by atoms with Gasteiger partial charge in [-0.25, -0.2) is 4.98 Å². The van der Waals surface area contributed by atoms with Gasteiger partial charge in [0.05, 0.1) is 5.52 Å². The Balaban J connectivity index is 1.41. The van der Waals surface area contributed by atoms with Crippen molar-refractivity contribution in [1.82, 2.24) is 19.4 Å². The van der Waals surface area contributed by atoms with Crippen LogP contribution in [0.2, 0.25) is 0 Å². The van der Waals surface area contributed by atoms with Crippen molar-refractivity contribution in [2.45, 2.75) is 25.3 Å². The minimum atomic E-state index is -0.0703. The summed E-state index contributed by atoms with van der Waals surface area (Å²) in [6.07, 6.45) is 2.71. The van der Waals surface area contributed by atoms with Gasteiger partial charge in [-0.15, -0.1) is 0 Å². The topological polar surface area (TPSA) is 84.4 Å². The number of piperidine rings is 1. The third-order valence-corrected chi connectivity index (χ3v) is 6.13. The summed E-state index contributed by atoms with van der Waals surface area (Å²) >= 11 is 0.